The van der Waals surface area contributed by atoms with E-state index in [1.807, 2.05) is 37.3 Å². The van der Waals surface area contributed by atoms with E-state index in [0.717, 1.165) is 55.5 Å². The lowest BCUT2D eigenvalue weighted by atomic mass is 10.2. The molecule has 2 heterocycles. The van der Waals surface area contributed by atoms with Crippen LogP contribution in [0.5, 0.6) is 11.5 Å². The SMILES string of the molecule is Cc1cc(NCCCCNC[C@@H]2COc3ccccc3O2)nc(=S)[nH]1. The fourth-order valence-corrected chi connectivity index (χ4v) is 2.95. The van der Waals surface area contributed by atoms with Crippen LogP contribution in [-0.2, 0) is 0 Å². The Kier molecular flexibility index (Phi) is 6.25. The van der Waals surface area contributed by atoms with Crippen molar-refractivity contribution in [3.8, 4) is 11.5 Å². The van der Waals surface area contributed by atoms with Crippen molar-refractivity contribution in [2.75, 3.05) is 31.6 Å². The monoisotopic (exact) mass is 360 g/mol. The molecule has 0 unspecified atom stereocenters. The van der Waals surface area contributed by atoms with E-state index < -0.39 is 0 Å². The number of hydrogen-bond acceptors (Lipinski definition) is 6. The molecular weight excluding hydrogens is 336 g/mol. The van der Waals surface area contributed by atoms with Crippen LogP contribution in [0.1, 0.15) is 18.5 Å². The molecule has 3 rings (SSSR count). The number of para-hydroxylation sites is 2. The molecule has 7 heteroatoms. The fourth-order valence-electron chi connectivity index (χ4n) is 2.69. The quantitative estimate of drug-likeness (QED) is 0.496. The molecule has 0 bridgehead atoms. The molecule has 2 aromatic rings. The van der Waals surface area contributed by atoms with Gasteiger partial charge in [0.2, 0.25) is 0 Å². The number of rotatable bonds is 8. The summed E-state index contributed by atoms with van der Waals surface area (Å²) in [5.41, 5.74) is 1.01. The number of fused-ring (bicyclic) bond motifs is 1. The van der Waals surface area contributed by atoms with E-state index in [1.165, 1.54) is 0 Å². The molecule has 134 valence electrons. The number of aryl methyl sites for hydroxylation is 1. The molecule has 0 aliphatic carbocycles. The summed E-state index contributed by atoms with van der Waals surface area (Å²) in [5.74, 6) is 2.49. The number of unbranched alkanes of at least 4 members (excludes halogenated alkanes) is 1. The van der Waals surface area contributed by atoms with Crippen molar-refractivity contribution >= 4 is 18.0 Å². The summed E-state index contributed by atoms with van der Waals surface area (Å²) >= 11 is 5.07. The normalized spacial score (nSPS) is 15.8. The highest BCUT2D eigenvalue weighted by atomic mass is 32.1. The van der Waals surface area contributed by atoms with Crippen LogP contribution in [0, 0.1) is 11.7 Å². The van der Waals surface area contributed by atoms with Crippen LogP contribution in [0.25, 0.3) is 0 Å². The molecular formula is C18H24N4O2S. The van der Waals surface area contributed by atoms with Crippen LogP contribution in [-0.4, -0.2) is 42.3 Å². The van der Waals surface area contributed by atoms with E-state index in [1.54, 1.807) is 0 Å². The number of nitrogens with one attached hydrogen (secondary N) is 3. The largest absolute Gasteiger partial charge is 0.486 e. The number of hydrogen-bond donors (Lipinski definition) is 3. The van der Waals surface area contributed by atoms with Gasteiger partial charge in [0.05, 0.1) is 0 Å². The Morgan fingerprint density at radius 3 is 2.88 bits per heavy atom. The van der Waals surface area contributed by atoms with Gasteiger partial charge in [0.1, 0.15) is 18.5 Å². The van der Waals surface area contributed by atoms with Crippen LogP contribution in [0.2, 0.25) is 0 Å². The average Bonchev–Trinajstić information content (AvgIpc) is 2.60. The molecule has 3 N–H and O–H groups in total. The van der Waals surface area contributed by atoms with E-state index in [4.69, 9.17) is 21.7 Å². The molecule has 1 aromatic heterocycles. The fraction of sp³-hybridized carbons (Fsp3) is 0.444. The van der Waals surface area contributed by atoms with Crippen molar-refractivity contribution in [3.63, 3.8) is 0 Å². The molecule has 1 atom stereocenters. The Labute approximate surface area is 153 Å². The Bertz CT molecular complexity index is 750. The van der Waals surface area contributed by atoms with Crippen LogP contribution in [0.3, 0.4) is 0 Å². The third kappa shape index (κ3) is 5.44. The highest BCUT2D eigenvalue weighted by Crippen LogP contribution is 2.30. The van der Waals surface area contributed by atoms with Gasteiger partial charge in [-0.25, -0.2) is 4.98 Å². The Hall–Kier alpha value is -2.12. The van der Waals surface area contributed by atoms with E-state index in [9.17, 15) is 0 Å². The second-order valence-corrected chi connectivity index (χ2v) is 6.48. The van der Waals surface area contributed by atoms with Crippen molar-refractivity contribution < 1.29 is 9.47 Å². The number of anilines is 1. The van der Waals surface area contributed by atoms with Crippen molar-refractivity contribution in [2.45, 2.75) is 25.9 Å². The summed E-state index contributed by atoms with van der Waals surface area (Å²) in [6.45, 7) is 5.18. The predicted octanol–water partition coefficient (Wildman–Crippen LogP) is 3.07. The topological polar surface area (TPSA) is 71.2 Å². The average molecular weight is 360 g/mol. The number of aromatic nitrogens is 2. The van der Waals surface area contributed by atoms with Crippen LogP contribution in [0.15, 0.2) is 30.3 Å². The second kappa shape index (κ2) is 8.82. The maximum Gasteiger partial charge on any atom is 0.198 e. The number of H-pyrrole nitrogens is 1. The minimum absolute atomic E-state index is 0.0613. The summed E-state index contributed by atoms with van der Waals surface area (Å²) in [6.07, 6.45) is 2.20. The van der Waals surface area contributed by atoms with E-state index in [0.29, 0.717) is 11.4 Å². The number of ether oxygens (including phenoxy) is 2. The Morgan fingerprint density at radius 1 is 1.24 bits per heavy atom. The van der Waals surface area contributed by atoms with Gasteiger partial charge in [0, 0.05) is 18.8 Å². The van der Waals surface area contributed by atoms with E-state index in [-0.39, 0.29) is 6.10 Å². The lowest BCUT2D eigenvalue weighted by Gasteiger charge is -2.26. The van der Waals surface area contributed by atoms with Crippen molar-refractivity contribution in [1.82, 2.24) is 15.3 Å². The number of benzene rings is 1. The van der Waals surface area contributed by atoms with Crippen molar-refractivity contribution in [2.24, 2.45) is 0 Å². The van der Waals surface area contributed by atoms with Gasteiger partial charge < -0.3 is 25.1 Å². The maximum atomic E-state index is 5.92. The summed E-state index contributed by atoms with van der Waals surface area (Å²) in [6, 6.07) is 9.75. The standard InChI is InChI=1S/C18H24N4O2S/c1-13-10-17(22-18(25)21-13)20-9-5-4-8-19-11-14-12-23-15-6-2-3-7-16(15)24-14/h2-3,6-7,10,14,19H,4-5,8-9,11-12H2,1H3,(H2,20,21,22,25)/t14-/m1/s1. The Balaban J connectivity index is 1.28. The summed E-state index contributed by atoms with van der Waals surface area (Å²) in [4.78, 5) is 7.25. The molecule has 0 saturated carbocycles. The van der Waals surface area contributed by atoms with Gasteiger partial charge in [0.15, 0.2) is 16.3 Å². The molecule has 0 fully saturated rings. The zero-order valence-corrected chi connectivity index (χ0v) is 15.2. The molecule has 0 amide bonds. The zero-order chi connectivity index (χ0) is 17.5. The van der Waals surface area contributed by atoms with Gasteiger partial charge in [0.25, 0.3) is 0 Å². The molecule has 0 radical (unpaired) electrons. The maximum absolute atomic E-state index is 5.92. The van der Waals surface area contributed by atoms with Crippen molar-refractivity contribution in [3.05, 3.63) is 40.8 Å². The smallest absolute Gasteiger partial charge is 0.198 e. The highest BCUT2D eigenvalue weighted by molar-refractivity contribution is 7.71. The van der Waals surface area contributed by atoms with Gasteiger partial charge in [-0.2, -0.15) is 0 Å². The predicted molar refractivity (Wildman–Crippen MR) is 101 cm³/mol. The summed E-state index contributed by atoms with van der Waals surface area (Å²) in [7, 11) is 0. The molecule has 1 aliphatic heterocycles. The Morgan fingerprint density at radius 2 is 2.04 bits per heavy atom. The lowest BCUT2D eigenvalue weighted by Crippen LogP contribution is -2.38. The minimum Gasteiger partial charge on any atom is -0.486 e. The molecule has 1 aliphatic rings. The first-order valence-electron chi connectivity index (χ1n) is 8.62. The second-order valence-electron chi connectivity index (χ2n) is 6.09. The zero-order valence-electron chi connectivity index (χ0n) is 14.4. The number of nitrogens with zero attached hydrogens (tertiary/aromatic N) is 1. The van der Waals surface area contributed by atoms with E-state index in [2.05, 4.69) is 20.6 Å². The van der Waals surface area contributed by atoms with Gasteiger partial charge in [-0.3, -0.25) is 0 Å². The molecule has 0 spiro atoms. The number of aromatic amines is 1. The summed E-state index contributed by atoms with van der Waals surface area (Å²) < 4.78 is 12.1. The van der Waals surface area contributed by atoms with Crippen LogP contribution < -0.4 is 20.1 Å². The lowest BCUT2D eigenvalue weighted by molar-refractivity contribution is 0.0905. The van der Waals surface area contributed by atoms with Gasteiger partial charge in [-0.05, 0) is 56.7 Å². The van der Waals surface area contributed by atoms with Crippen LogP contribution >= 0.6 is 12.2 Å². The van der Waals surface area contributed by atoms with Crippen LogP contribution in [0.4, 0.5) is 5.82 Å². The molecule has 1 aromatic carbocycles. The minimum atomic E-state index is 0.0613. The first-order valence-corrected chi connectivity index (χ1v) is 9.02. The summed E-state index contributed by atoms with van der Waals surface area (Å²) in [5, 5.41) is 6.74. The molecule has 25 heavy (non-hydrogen) atoms. The van der Waals surface area contributed by atoms with Gasteiger partial charge in [-0.1, -0.05) is 12.1 Å². The molecule has 6 nitrogen and oxygen atoms in total. The van der Waals surface area contributed by atoms with Gasteiger partial charge in [-0.15, -0.1) is 0 Å². The third-order valence-electron chi connectivity index (χ3n) is 3.91. The molecule has 0 saturated heterocycles. The first-order chi connectivity index (χ1) is 12.2. The van der Waals surface area contributed by atoms with Gasteiger partial charge >= 0.3 is 0 Å². The first kappa shape index (κ1) is 17.7. The highest BCUT2D eigenvalue weighted by Gasteiger charge is 2.19. The van der Waals surface area contributed by atoms with E-state index >= 15 is 0 Å². The van der Waals surface area contributed by atoms with Crippen molar-refractivity contribution in [1.29, 1.82) is 0 Å². The third-order valence-corrected chi connectivity index (χ3v) is 4.10.